The summed E-state index contributed by atoms with van der Waals surface area (Å²) in [4.78, 5) is 0. The molecule has 13 heavy (non-hydrogen) atoms. The molecule has 0 saturated heterocycles. The van der Waals surface area contributed by atoms with E-state index in [-0.39, 0.29) is 23.6 Å². The highest BCUT2D eigenvalue weighted by atomic mass is 19.1. The first-order valence-corrected chi connectivity index (χ1v) is 3.55. The molecule has 0 unspecified atom stereocenters. The van der Waals surface area contributed by atoms with Crippen molar-refractivity contribution in [2.24, 2.45) is 5.16 Å². The van der Waals surface area contributed by atoms with Crippen LogP contribution >= 0.6 is 0 Å². The quantitative estimate of drug-likeness (QED) is 0.492. The predicted molar refractivity (Wildman–Crippen MR) is 40.2 cm³/mol. The van der Waals surface area contributed by atoms with Gasteiger partial charge < -0.3 is 9.94 Å². The number of oxime groups is 1. The third-order valence-electron chi connectivity index (χ3n) is 1.79. The molecular weight excluding hydrogens is 180 g/mol. The lowest BCUT2D eigenvalue weighted by Gasteiger charge is -1.98. The summed E-state index contributed by atoms with van der Waals surface area (Å²) in [6.45, 7) is -0.0355. The van der Waals surface area contributed by atoms with E-state index in [0.29, 0.717) is 0 Å². The molecule has 0 saturated carbocycles. The molecule has 68 valence electrons. The van der Waals surface area contributed by atoms with Crippen LogP contribution in [0, 0.1) is 11.6 Å². The van der Waals surface area contributed by atoms with Gasteiger partial charge in [0.1, 0.15) is 18.1 Å². The van der Waals surface area contributed by atoms with Gasteiger partial charge in [-0.15, -0.1) is 0 Å². The number of hydrogen-bond acceptors (Lipinski definition) is 3. The van der Waals surface area contributed by atoms with Crippen LogP contribution in [0.1, 0.15) is 5.56 Å². The van der Waals surface area contributed by atoms with Crippen LogP contribution in [0.2, 0.25) is 0 Å². The summed E-state index contributed by atoms with van der Waals surface area (Å²) in [5.41, 5.74) is 0.299. The molecule has 0 aliphatic carbocycles. The molecule has 1 N–H and O–H groups in total. The third kappa shape index (κ3) is 1.12. The summed E-state index contributed by atoms with van der Waals surface area (Å²) >= 11 is 0. The maximum absolute atomic E-state index is 13.0. The molecule has 3 nitrogen and oxygen atoms in total. The predicted octanol–water partition coefficient (Wildman–Crippen LogP) is 1.54. The van der Waals surface area contributed by atoms with Crippen molar-refractivity contribution in [1.82, 2.24) is 0 Å². The van der Waals surface area contributed by atoms with Gasteiger partial charge in [-0.1, -0.05) is 5.16 Å². The average molecular weight is 185 g/mol. The molecule has 0 radical (unpaired) electrons. The summed E-state index contributed by atoms with van der Waals surface area (Å²) < 4.78 is 30.5. The van der Waals surface area contributed by atoms with Crippen molar-refractivity contribution in [3.8, 4) is 5.75 Å². The van der Waals surface area contributed by atoms with Crippen LogP contribution in [0.3, 0.4) is 0 Å². The molecule has 0 aromatic heterocycles. The van der Waals surface area contributed by atoms with Crippen LogP contribution in [0.5, 0.6) is 5.75 Å². The van der Waals surface area contributed by atoms with Crippen molar-refractivity contribution >= 4 is 5.71 Å². The van der Waals surface area contributed by atoms with Gasteiger partial charge in [0.15, 0.2) is 11.6 Å². The Bertz CT molecular complexity index is 390. The molecule has 1 aliphatic rings. The Hall–Kier alpha value is -1.65. The zero-order chi connectivity index (χ0) is 9.42. The van der Waals surface area contributed by atoms with E-state index >= 15 is 0 Å². The standard InChI is InChI=1S/C8H5F2NO2/c9-4-1-5-7(11-12)3-13-8(5)6(10)2-4/h1-2,12H,3H2. The highest BCUT2D eigenvalue weighted by molar-refractivity contribution is 6.05. The van der Waals surface area contributed by atoms with Crippen molar-refractivity contribution in [3.05, 3.63) is 29.3 Å². The number of nitrogens with zero attached hydrogens (tertiary/aromatic N) is 1. The van der Waals surface area contributed by atoms with Crippen molar-refractivity contribution in [2.75, 3.05) is 6.61 Å². The van der Waals surface area contributed by atoms with Gasteiger partial charge >= 0.3 is 0 Å². The molecule has 1 heterocycles. The van der Waals surface area contributed by atoms with E-state index in [2.05, 4.69) is 5.16 Å². The van der Waals surface area contributed by atoms with Crippen molar-refractivity contribution in [1.29, 1.82) is 0 Å². The molecule has 2 rings (SSSR count). The Morgan fingerprint density at radius 3 is 2.85 bits per heavy atom. The second kappa shape index (κ2) is 2.69. The van der Waals surface area contributed by atoms with Crippen LogP contribution in [0.4, 0.5) is 8.78 Å². The second-order valence-electron chi connectivity index (χ2n) is 2.60. The Labute approximate surface area is 72.2 Å². The summed E-state index contributed by atoms with van der Waals surface area (Å²) in [5.74, 6) is -1.56. The first-order valence-electron chi connectivity index (χ1n) is 3.55. The number of halogens is 2. The Morgan fingerprint density at radius 1 is 1.38 bits per heavy atom. The molecular formula is C8H5F2NO2. The molecule has 0 spiro atoms. The Balaban J connectivity index is 2.64. The van der Waals surface area contributed by atoms with Crippen LogP contribution in [-0.4, -0.2) is 17.5 Å². The van der Waals surface area contributed by atoms with Crippen LogP contribution in [0.15, 0.2) is 17.3 Å². The van der Waals surface area contributed by atoms with Crippen molar-refractivity contribution < 1.29 is 18.7 Å². The fourth-order valence-electron chi connectivity index (χ4n) is 1.22. The SMILES string of the molecule is ON=C1COc2c(F)cc(F)cc21. The van der Waals surface area contributed by atoms with E-state index in [1.807, 2.05) is 0 Å². The lowest BCUT2D eigenvalue weighted by Crippen LogP contribution is -2.01. The monoisotopic (exact) mass is 185 g/mol. The minimum absolute atomic E-state index is 0.0355. The van der Waals surface area contributed by atoms with Gasteiger partial charge in [0, 0.05) is 6.07 Å². The topological polar surface area (TPSA) is 41.8 Å². The highest BCUT2D eigenvalue weighted by Gasteiger charge is 2.24. The van der Waals surface area contributed by atoms with Crippen LogP contribution in [-0.2, 0) is 0 Å². The smallest absolute Gasteiger partial charge is 0.168 e. The van der Waals surface area contributed by atoms with Gasteiger partial charge in [-0.2, -0.15) is 0 Å². The molecule has 5 heteroatoms. The molecule has 1 aliphatic heterocycles. The molecule has 0 fully saturated rings. The summed E-state index contributed by atoms with van der Waals surface area (Å²) in [7, 11) is 0. The third-order valence-corrected chi connectivity index (χ3v) is 1.79. The first-order chi connectivity index (χ1) is 6.22. The number of ether oxygens (including phenoxy) is 1. The van der Waals surface area contributed by atoms with Gasteiger partial charge in [0.05, 0.1) is 5.56 Å². The fourth-order valence-corrected chi connectivity index (χ4v) is 1.22. The van der Waals surface area contributed by atoms with Crippen molar-refractivity contribution in [2.45, 2.75) is 0 Å². The molecule has 1 aromatic rings. The molecule has 0 amide bonds. The van der Waals surface area contributed by atoms with E-state index in [4.69, 9.17) is 9.94 Å². The Morgan fingerprint density at radius 2 is 2.15 bits per heavy atom. The lowest BCUT2D eigenvalue weighted by molar-refractivity contribution is 0.312. The lowest BCUT2D eigenvalue weighted by atomic mass is 10.1. The number of fused-ring (bicyclic) bond motifs is 1. The van der Waals surface area contributed by atoms with Gasteiger partial charge in [0.25, 0.3) is 0 Å². The van der Waals surface area contributed by atoms with E-state index in [1.54, 1.807) is 0 Å². The van der Waals surface area contributed by atoms with E-state index < -0.39 is 11.6 Å². The maximum Gasteiger partial charge on any atom is 0.168 e. The fraction of sp³-hybridized carbons (Fsp3) is 0.125. The molecule has 0 bridgehead atoms. The van der Waals surface area contributed by atoms with Gasteiger partial charge in [0.2, 0.25) is 0 Å². The zero-order valence-corrected chi connectivity index (χ0v) is 6.42. The van der Waals surface area contributed by atoms with Gasteiger partial charge in [-0.05, 0) is 6.07 Å². The number of rotatable bonds is 0. The molecule has 0 atom stereocenters. The van der Waals surface area contributed by atoms with Gasteiger partial charge in [-0.3, -0.25) is 0 Å². The maximum atomic E-state index is 13.0. The average Bonchev–Trinajstić information content (AvgIpc) is 2.47. The minimum Gasteiger partial charge on any atom is -0.483 e. The zero-order valence-electron chi connectivity index (χ0n) is 6.42. The number of hydrogen-bond donors (Lipinski definition) is 1. The van der Waals surface area contributed by atoms with E-state index in [0.717, 1.165) is 12.1 Å². The molecule has 1 aromatic carbocycles. The normalized spacial score (nSPS) is 17.2. The first kappa shape index (κ1) is 7.97. The van der Waals surface area contributed by atoms with Crippen molar-refractivity contribution in [3.63, 3.8) is 0 Å². The summed E-state index contributed by atoms with van der Waals surface area (Å²) in [5, 5.41) is 11.3. The van der Waals surface area contributed by atoms with E-state index in [1.165, 1.54) is 0 Å². The largest absolute Gasteiger partial charge is 0.483 e. The van der Waals surface area contributed by atoms with Gasteiger partial charge in [-0.25, -0.2) is 8.78 Å². The summed E-state index contributed by atoms with van der Waals surface area (Å²) in [6, 6.07) is 1.79. The Kier molecular flexibility index (Phi) is 1.65. The second-order valence-corrected chi connectivity index (χ2v) is 2.60. The van der Waals surface area contributed by atoms with E-state index in [9.17, 15) is 8.78 Å². The van der Waals surface area contributed by atoms with Crippen LogP contribution in [0.25, 0.3) is 0 Å². The minimum atomic E-state index is -0.784. The van der Waals surface area contributed by atoms with Crippen LogP contribution < -0.4 is 4.74 Å². The number of benzene rings is 1. The summed E-state index contributed by atoms with van der Waals surface area (Å²) in [6.07, 6.45) is 0. The highest BCUT2D eigenvalue weighted by Crippen LogP contribution is 2.29.